The standard InChI is InChI=1S/C17H15FO3/c1-2-12-3-5-13(6-4-12)16(19)11-21-17(20)14-7-9-15(18)10-8-14/h3-10H,2,11H2,1H3. The van der Waals surface area contributed by atoms with Crippen LogP contribution in [0.1, 0.15) is 33.2 Å². The summed E-state index contributed by atoms with van der Waals surface area (Å²) < 4.78 is 17.7. The molecule has 0 fully saturated rings. The minimum Gasteiger partial charge on any atom is -0.454 e. The Hall–Kier alpha value is -2.49. The number of rotatable bonds is 5. The Morgan fingerprint density at radius 3 is 2.10 bits per heavy atom. The van der Waals surface area contributed by atoms with Gasteiger partial charge in [0.25, 0.3) is 0 Å². The Morgan fingerprint density at radius 2 is 1.52 bits per heavy atom. The SMILES string of the molecule is CCc1ccc(C(=O)COC(=O)c2ccc(F)cc2)cc1. The highest BCUT2D eigenvalue weighted by atomic mass is 19.1. The van der Waals surface area contributed by atoms with Crippen molar-refractivity contribution in [1.29, 1.82) is 0 Å². The highest BCUT2D eigenvalue weighted by molar-refractivity contribution is 5.99. The largest absolute Gasteiger partial charge is 0.454 e. The molecule has 0 saturated carbocycles. The van der Waals surface area contributed by atoms with Gasteiger partial charge in [0.05, 0.1) is 5.56 Å². The fourth-order valence-electron chi connectivity index (χ4n) is 1.81. The average Bonchev–Trinajstić information content (AvgIpc) is 2.53. The van der Waals surface area contributed by atoms with Gasteiger partial charge in [-0.25, -0.2) is 9.18 Å². The molecule has 0 unspecified atom stereocenters. The van der Waals surface area contributed by atoms with Crippen molar-refractivity contribution < 1.29 is 18.7 Å². The molecule has 0 heterocycles. The Balaban J connectivity index is 1.93. The van der Waals surface area contributed by atoms with Gasteiger partial charge in [-0.3, -0.25) is 4.79 Å². The second kappa shape index (κ2) is 6.79. The first-order chi connectivity index (χ1) is 10.1. The highest BCUT2D eigenvalue weighted by Gasteiger charge is 2.11. The molecule has 0 atom stereocenters. The molecule has 0 amide bonds. The summed E-state index contributed by atoms with van der Waals surface area (Å²) in [5.74, 6) is -1.35. The van der Waals surface area contributed by atoms with Crippen LogP contribution in [-0.2, 0) is 11.2 Å². The number of ketones is 1. The first kappa shape index (κ1) is 14.9. The molecule has 0 aliphatic rings. The van der Waals surface area contributed by atoms with Gasteiger partial charge in [-0.2, -0.15) is 0 Å². The van der Waals surface area contributed by atoms with Crippen molar-refractivity contribution in [1.82, 2.24) is 0 Å². The minimum absolute atomic E-state index is 0.213. The zero-order valence-corrected chi connectivity index (χ0v) is 11.6. The van der Waals surface area contributed by atoms with Gasteiger partial charge in [0, 0.05) is 5.56 Å². The van der Waals surface area contributed by atoms with Gasteiger partial charge in [0.1, 0.15) is 5.82 Å². The quantitative estimate of drug-likeness (QED) is 0.624. The molecule has 108 valence electrons. The van der Waals surface area contributed by atoms with E-state index in [1.165, 1.54) is 24.3 Å². The van der Waals surface area contributed by atoms with Crippen LogP contribution in [0.25, 0.3) is 0 Å². The van der Waals surface area contributed by atoms with Crippen LogP contribution >= 0.6 is 0 Å². The van der Waals surface area contributed by atoms with Gasteiger partial charge < -0.3 is 4.74 Å². The van der Waals surface area contributed by atoms with E-state index < -0.39 is 11.8 Å². The smallest absolute Gasteiger partial charge is 0.338 e. The molecular weight excluding hydrogens is 271 g/mol. The van der Waals surface area contributed by atoms with Crippen LogP contribution in [0.2, 0.25) is 0 Å². The molecule has 2 aromatic carbocycles. The van der Waals surface area contributed by atoms with Gasteiger partial charge in [0.2, 0.25) is 0 Å². The average molecular weight is 286 g/mol. The third-order valence-corrected chi connectivity index (χ3v) is 3.10. The Bertz CT molecular complexity index is 630. The molecule has 0 aliphatic heterocycles. The molecule has 2 aromatic rings. The lowest BCUT2D eigenvalue weighted by Gasteiger charge is -2.05. The van der Waals surface area contributed by atoms with E-state index in [-0.39, 0.29) is 18.0 Å². The summed E-state index contributed by atoms with van der Waals surface area (Å²) in [6.45, 7) is 1.70. The second-order valence-corrected chi connectivity index (χ2v) is 4.56. The number of hydrogen-bond donors (Lipinski definition) is 0. The highest BCUT2D eigenvalue weighted by Crippen LogP contribution is 2.08. The van der Waals surface area contributed by atoms with Crippen LogP contribution < -0.4 is 0 Å². The van der Waals surface area contributed by atoms with Crippen LogP contribution in [0.3, 0.4) is 0 Å². The van der Waals surface area contributed by atoms with E-state index in [1.807, 2.05) is 19.1 Å². The number of ether oxygens (including phenoxy) is 1. The predicted molar refractivity (Wildman–Crippen MR) is 76.8 cm³/mol. The molecule has 0 N–H and O–H groups in total. The van der Waals surface area contributed by atoms with Crippen molar-refractivity contribution in [3.8, 4) is 0 Å². The molecule has 4 heteroatoms. The van der Waals surface area contributed by atoms with Crippen molar-refractivity contribution >= 4 is 11.8 Å². The van der Waals surface area contributed by atoms with Crippen molar-refractivity contribution in [2.75, 3.05) is 6.61 Å². The summed E-state index contributed by atoms with van der Waals surface area (Å²) in [5, 5.41) is 0. The molecule has 0 saturated heterocycles. The molecule has 0 spiro atoms. The van der Waals surface area contributed by atoms with Crippen LogP contribution in [0.4, 0.5) is 4.39 Å². The number of hydrogen-bond acceptors (Lipinski definition) is 3. The molecule has 0 bridgehead atoms. The van der Waals surface area contributed by atoms with Crippen molar-refractivity contribution in [3.05, 3.63) is 71.0 Å². The lowest BCUT2D eigenvalue weighted by Crippen LogP contribution is -2.14. The molecule has 0 radical (unpaired) electrons. The third-order valence-electron chi connectivity index (χ3n) is 3.10. The van der Waals surface area contributed by atoms with E-state index in [2.05, 4.69) is 0 Å². The first-order valence-electron chi connectivity index (χ1n) is 6.65. The Kier molecular flexibility index (Phi) is 4.82. The lowest BCUT2D eigenvalue weighted by molar-refractivity contribution is 0.0474. The number of aryl methyl sites for hydroxylation is 1. The molecule has 0 aromatic heterocycles. The zero-order chi connectivity index (χ0) is 15.2. The number of esters is 1. The van der Waals surface area contributed by atoms with Crippen molar-refractivity contribution in [2.24, 2.45) is 0 Å². The molecule has 0 aliphatic carbocycles. The molecule has 3 nitrogen and oxygen atoms in total. The molecule has 21 heavy (non-hydrogen) atoms. The van der Waals surface area contributed by atoms with Gasteiger partial charge >= 0.3 is 5.97 Å². The number of halogens is 1. The maximum absolute atomic E-state index is 12.7. The van der Waals surface area contributed by atoms with E-state index >= 15 is 0 Å². The van der Waals surface area contributed by atoms with E-state index in [0.29, 0.717) is 5.56 Å². The van der Waals surface area contributed by atoms with E-state index in [9.17, 15) is 14.0 Å². The summed E-state index contributed by atoms with van der Waals surface area (Å²) in [5.41, 5.74) is 1.85. The van der Waals surface area contributed by atoms with Gasteiger partial charge in [0.15, 0.2) is 12.4 Å². The van der Waals surface area contributed by atoms with Crippen LogP contribution in [0, 0.1) is 5.82 Å². The molecular formula is C17H15FO3. The molecule has 2 rings (SSSR count). The first-order valence-corrected chi connectivity index (χ1v) is 6.65. The predicted octanol–water partition coefficient (Wildman–Crippen LogP) is 3.43. The lowest BCUT2D eigenvalue weighted by atomic mass is 10.1. The van der Waals surface area contributed by atoms with Gasteiger partial charge in [-0.1, -0.05) is 31.2 Å². The number of carbonyl (C=O) groups is 2. The summed E-state index contributed by atoms with van der Waals surface area (Å²) >= 11 is 0. The topological polar surface area (TPSA) is 43.4 Å². The third kappa shape index (κ3) is 3.99. The van der Waals surface area contributed by atoms with E-state index in [1.54, 1.807) is 12.1 Å². The van der Waals surface area contributed by atoms with Gasteiger partial charge in [-0.15, -0.1) is 0 Å². The monoisotopic (exact) mass is 286 g/mol. The summed E-state index contributed by atoms with van der Waals surface area (Å²) in [7, 11) is 0. The van der Waals surface area contributed by atoms with E-state index in [0.717, 1.165) is 12.0 Å². The van der Waals surface area contributed by atoms with Gasteiger partial charge in [-0.05, 0) is 36.2 Å². The maximum atomic E-state index is 12.7. The summed E-state index contributed by atoms with van der Waals surface area (Å²) in [6, 6.07) is 12.1. The van der Waals surface area contributed by atoms with Crippen LogP contribution in [-0.4, -0.2) is 18.4 Å². The van der Waals surface area contributed by atoms with Crippen molar-refractivity contribution in [3.63, 3.8) is 0 Å². The summed E-state index contributed by atoms with van der Waals surface area (Å²) in [4.78, 5) is 23.6. The van der Waals surface area contributed by atoms with Crippen LogP contribution in [0.15, 0.2) is 48.5 Å². The number of carbonyl (C=O) groups excluding carboxylic acids is 2. The fraction of sp³-hybridized carbons (Fsp3) is 0.176. The normalized spacial score (nSPS) is 10.2. The number of benzene rings is 2. The number of Topliss-reactive ketones (excluding diaryl/α,β-unsaturated/α-hetero) is 1. The van der Waals surface area contributed by atoms with Crippen LogP contribution in [0.5, 0.6) is 0 Å². The van der Waals surface area contributed by atoms with E-state index in [4.69, 9.17) is 4.74 Å². The second-order valence-electron chi connectivity index (χ2n) is 4.56. The fourth-order valence-corrected chi connectivity index (χ4v) is 1.81. The zero-order valence-electron chi connectivity index (χ0n) is 11.6. The Morgan fingerprint density at radius 1 is 0.952 bits per heavy atom. The maximum Gasteiger partial charge on any atom is 0.338 e. The summed E-state index contributed by atoms with van der Waals surface area (Å²) in [6.07, 6.45) is 0.897. The Labute approximate surface area is 122 Å². The van der Waals surface area contributed by atoms with Crippen molar-refractivity contribution in [2.45, 2.75) is 13.3 Å². The minimum atomic E-state index is -0.645.